The molecule has 0 spiro atoms. The second-order valence-electron chi connectivity index (χ2n) is 13.0. The molecule has 4 saturated carbocycles. The summed E-state index contributed by atoms with van der Waals surface area (Å²) in [6.45, 7) is 13.1. The quantitative estimate of drug-likeness (QED) is 0.620. The maximum Gasteiger partial charge on any atom is 0.137 e. The molecule has 0 bridgehead atoms. The lowest BCUT2D eigenvalue weighted by atomic mass is 9.44. The molecule has 4 fully saturated rings. The van der Waals surface area contributed by atoms with Crippen LogP contribution in [0, 0.1) is 58.2 Å². The van der Waals surface area contributed by atoms with Gasteiger partial charge in [-0.2, -0.15) is 0 Å². The summed E-state index contributed by atoms with van der Waals surface area (Å²) in [5, 5.41) is 22.0. The van der Waals surface area contributed by atoms with Gasteiger partial charge in [-0.05, 0) is 84.4 Å². The number of ketones is 2. The second kappa shape index (κ2) is 8.48. The van der Waals surface area contributed by atoms with Gasteiger partial charge in [0.05, 0.1) is 12.2 Å². The normalized spacial score (nSPS) is 45.6. The standard InChI is InChI=1S/C28H46O4/c1-15(2)16(3)25(31)26(32)17(4)20-7-8-21-19-14-24(30)23-13-18(29)9-11-28(23,6)22(19)10-12-27(20,21)5/h15-17,19-23,25-26,31-32H,7-14H2,1-6H3/t16-,17-,19-,20+,21-,22-,23+,25+,26+,27+,28+/m0/s1. The first-order valence-corrected chi connectivity index (χ1v) is 13.3. The maximum atomic E-state index is 13.3. The van der Waals surface area contributed by atoms with Gasteiger partial charge in [0.15, 0.2) is 0 Å². The van der Waals surface area contributed by atoms with Gasteiger partial charge in [0.25, 0.3) is 0 Å². The highest BCUT2D eigenvalue weighted by Gasteiger charge is 2.63. The molecular formula is C28H46O4. The molecule has 0 unspecified atom stereocenters. The second-order valence-corrected chi connectivity index (χ2v) is 13.0. The molecule has 2 N–H and O–H groups in total. The summed E-state index contributed by atoms with van der Waals surface area (Å²) in [4.78, 5) is 25.4. The molecule has 4 nitrogen and oxygen atoms in total. The van der Waals surface area contributed by atoms with Crippen LogP contribution in [0.3, 0.4) is 0 Å². The summed E-state index contributed by atoms with van der Waals surface area (Å²) in [7, 11) is 0. The molecule has 182 valence electrons. The molecule has 0 saturated heterocycles. The minimum Gasteiger partial charge on any atom is -0.390 e. The molecule has 32 heavy (non-hydrogen) atoms. The maximum absolute atomic E-state index is 13.3. The number of aliphatic hydroxyl groups excluding tert-OH is 2. The van der Waals surface area contributed by atoms with Gasteiger partial charge >= 0.3 is 0 Å². The van der Waals surface area contributed by atoms with E-state index >= 15 is 0 Å². The molecule has 4 aliphatic carbocycles. The fourth-order valence-electron chi connectivity index (χ4n) is 9.00. The molecule has 4 aliphatic rings. The first-order chi connectivity index (χ1) is 14.9. The fraction of sp³-hybridized carbons (Fsp3) is 0.929. The van der Waals surface area contributed by atoms with Crippen LogP contribution < -0.4 is 0 Å². The molecule has 11 atom stereocenters. The summed E-state index contributed by atoms with van der Waals surface area (Å²) in [5.41, 5.74) is 0.109. The summed E-state index contributed by atoms with van der Waals surface area (Å²) in [6.07, 6.45) is 5.73. The molecule has 4 heteroatoms. The highest BCUT2D eigenvalue weighted by molar-refractivity contribution is 5.90. The highest BCUT2D eigenvalue weighted by atomic mass is 16.3. The Hall–Kier alpha value is -0.740. The molecular weight excluding hydrogens is 400 g/mol. The molecule has 0 aromatic heterocycles. The van der Waals surface area contributed by atoms with E-state index < -0.39 is 12.2 Å². The number of aliphatic hydroxyl groups is 2. The largest absolute Gasteiger partial charge is 0.390 e. The van der Waals surface area contributed by atoms with Crippen molar-refractivity contribution in [3.63, 3.8) is 0 Å². The van der Waals surface area contributed by atoms with Crippen molar-refractivity contribution in [1.82, 2.24) is 0 Å². The van der Waals surface area contributed by atoms with Crippen molar-refractivity contribution in [2.24, 2.45) is 58.2 Å². The van der Waals surface area contributed by atoms with E-state index in [9.17, 15) is 19.8 Å². The van der Waals surface area contributed by atoms with Gasteiger partial charge in [0, 0.05) is 25.2 Å². The van der Waals surface area contributed by atoms with Gasteiger partial charge in [0.1, 0.15) is 11.6 Å². The SMILES string of the molecule is CC(C)[C@H](C)[C@@H](O)[C@H](O)[C@@H](C)[C@H]1CC[C@H]2[C@@H]3CC(=O)[C@H]4CC(=O)CC[C@]4(C)[C@H]3CC[C@]12C. The third-order valence-electron chi connectivity index (χ3n) is 11.5. The zero-order valence-electron chi connectivity index (χ0n) is 21.1. The van der Waals surface area contributed by atoms with Crippen LogP contribution in [0.5, 0.6) is 0 Å². The lowest BCUT2D eigenvalue weighted by molar-refractivity contribution is -0.160. The van der Waals surface area contributed by atoms with Crippen molar-refractivity contribution < 1.29 is 19.8 Å². The zero-order valence-corrected chi connectivity index (χ0v) is 21.1. The lowest BCUT2D eigenvalue weighted by Gasteiger charge is -2.60. The number of hydrogen-bond acceptors (Lipinski definition) is 4. The third-order valence-corrected chi connectivity index (χ3v) is 11.5. The molecule has 4 rings (SSSR count). The summed E-state index contributed by atoms with van der Waals surface area (Å²) in [6, 6.07) is 0. The number of carbonyl (C=O) groups is 2. The predicted molar refractivity (Wildman–Crippen MR) is 126 cm³/mol. The Morgan fingerprint density at radius 3 is 2.16 bits per heavy atom. The molecule has 0 aliphatic heterocycles. The Bertz CT molecular complexity index is 746. The van der Waals surface area contributed by atoms with E-state index in [1.807, 2.05) is 6.92 Å². The van der Waals surface area contributed by atoms with Gasteiger partial charge in [-0.25, -0.2) is 0 Å². The Balaban J connectivity index is 1.55. The molecule has 0 aromatic carbocycles. The minimum absolute atomic E-state index is 0.0126. The van der Waals surface area contributed by atoms with E-state index in [1.54, 1.807) is 0 Å². The molecule has 0 amide bonds. The Kier molecular flexibility index (Phi) is 6.47. The van der Waals surface area contributed by atoms with E-state index in [4.69, 9.17) is 0 Å². The van der Waals surface area contributed by atoms with Crippen molar-refractivity contribution in [2.75, 3.05) is 0 Å². The summed E-state index contributed by atoms with van der Waals surface area (Å²) in [5.74, 6) is 2.86. The number of rotatable bonds is 5. The predicted octanol–water partition coefficient (Wildman–Crippen LogP) is 5.04. The van der Waals surface area contributed by atoms with E-state index in [-0.39, 0.29) is 34.4 Å². The molecule has 0 radical (unpaired) electrons. The van der Waals surface area contributed by atoms with Crippen LogP contribution in [0.4, 0.5) is 0 Å². The Morgan fingerprint density at radius 2 is 1.50 bits per heavy atom. The zero-order chi connectivity index (χ0) is 23.6. The first-order valence-electron chi connectivity index (χ1n) is 13.3. The lowest BCUT2D eigenvalue weighted by Crippen LogP contribution is -2.57. The van der Waals surface area contributed by atoms with Crippen LogP contribution in [0.25, 0.3) is 0 Å². The number of carbonyl (C=O) groups excluding carboxylic acids is 2. The average molecular weight is 447 g/mol. The van der Waals surface area contributed by atoms with Gasteiger partial charge in [-0.3, -0.25) is 9.59 Å². The molecule has 0 heterocycles. The Morgan fingerprint density at radius 1 is 0.844 bits per heavy atom. The first kappa shape index (κ1) is 24.4. The van der Waals surface area contributed by atoms with Crippen molar-refractivity contribution >= 4 is 11.6 Å². The third kappa shape index (κ3) is 3.63. The molecule has 0 aromatic rings. The number of hydrogen-bond donors (Lipinski definition) is 2. The Labute approximate surface area is 194 Å². The average Bonchev–Trinajstić information content (AvgIpc) is 3.10. The topological polar surface area (TPSA) is 74.6 Å². The number of fused-ring (bicyclic) bond motifs is 5. The van der Waals surface area contributed by atoms with Crippen molar-refractivity contribution in [3.05, 3.63) is 0 Å². The van der Waals surface area contributed by atoms with E-state index in [0.717, 1.165) is 32.1 Å². The van der Waals surface area contributed by atoms with E-state index in [1.165, 1.54) is 0 Å². The van der Waals surface area contributed by atoms with Crippen LogP contribution in [0.15, 0.2) is 0 Å². The smallest absolute Gasteiger partial charge is 0.137 e. The van der Waals surface area contributed by atoms with Crippen LogP contribution in [-0.4, -0.2) is 34.0 Å². The van der Waals surface area contributed by atoms with Gasteiger partial charge in [0.2, 0.25) is 0 Å². The number of Topliss-reactive ketones (excluding diaryl/α,β-unsaturated/α-hetero) is 2. The summed E-state index contributed by atoms with van der Waals surface area (Å²) < 4.78 is 0. The van der Waals surface area contributed by atoms with Crippen LogP contribution >= 0.6 is 0 Å². The van der Waals surface area contributed by atoms with Gasteiger partial charge in [-0.15, -0.1) is 0 Å². The van der Waals surface area contributed by atoms with Crippen LogP contribution in [0.2, 0.25) is 0 Å². The fourth-order valence-corrected chi connectivity index (χ4v) is 9.00. The van der Waals surface area contributed by atoms with E-state index in [0.29, 0.717) is 54.6 Å². The highest BCUT2D eigenvalue weighted by Crippen LogP contribution is 2.67. The van der Waals surface area contributed by atoms with Crippen molar-refractivity contribution in [1.29, 1.82) is 0 Å². The minimum atomic E-state index is -0.704. The van der Waals surface area contributed by atoms with Crippen molar-refractivity contribution in [3.8, 4) is 0 Å². The van der Waals surface area contributed by atoms with E-state index in [2.05, 4.69) is 34.6 Å². The van der Waals surface area contributed by atoms with Crippen LogP contribution in [0.1, 0.15) is 92.9 Å². The van der Waals surface area contributed by atoms with Crippen LogP contribution in [-0.2, 0) is 9.59 Å². The summed E-state index contributed by atoms with van der Waals surface area (Å²) >= 11 is 0. The van der Waals surface area contributed by atoms with Crippen molar-refractivity contribution in [2.45, 2.75) is 105 Å². The monoisotopic (exact) mass is 446 g/mol. The van der Waals surface area contributed by atoms with Gasteiger partial charge in [-0.1, -0.05) is 41.5 Å². The van der Waals surface area contributed by atoms with Gasteiger partial charge < -0.3 is 10.2 Å².